The number of rotatable bonds is 10. The first-order chi connectivity index (χ1) is 16.7. The first kappa shape index (κ1) is 26.5. The second-order valence-electron chi connectivity index (χ2n) is 9.35. The molecule has 1 aliphatic heterocycles. The molecular weight excluding hydrogens is 442 g/mol. The Balaban J connectivity index is 2.12. The van der Waals surface area contributed by atoms with Crippen molar-refractivity contribution < 1.29 is 24.2 Å². The summed E-state index contributed by atoms with van der Waals surface area (Å²) in [6, 6.07) is 12.5. The van der Waals surface area contributed by atoms with Gasteiger partial charge in [-0.3, -0.25) is 9.59 Å². The van der Waals surface area contributed by atoms with E-state index in [1.54, 1.807) is 6.07 Å². The van der Waals surface area contributed by atoms with Crippen molar-refractivity contribution in [3.05, 3.63) is 70.3 Å². The average Bonchev–Trinajstić information content (AvgIpc) is 3.08. The van der Waals surface area contributed by atoms with Gasteiger partial charge in [0.05, 0.1) is 30.9 Å². The third kappa shape index (κ3) is 5.76. The molecule has 6 nitrogen and oxygen atoms in total. The van der Waals surface area contributed by atoms with Crippen molar-refractivity contribution >= 4 is 17.4 Å². The number of benzene rings is 2. The smallest absolute Gasteiger partial charge is 0.295 e. The number of nitrogens with zero attached hydrogens (tertiary/aromatic N) is 1. The summed E-state index contributed by atoms with van der Waals surface area (Å²) in [5.74, 6) is -0.588. The van der Waals surface area contributed by atoms with Crippen LogP contribution in [0.2, 0.25) is 0 Å². The Hall–Kier alpha value is -3.12. The molecule has 2 aromatic carbocycles. The molecule has 1 atom stereocenters. The minimum Gasteiger partial charge on any atom is -0.507 e. The molecule has 0 saturated carbocycles. The van der Waals surface area contributed by atoms with Gasteiger partial charge in [0.1, 0.15) is 11.5 Å². The molecule has 0 aromatic heterocycles. The average molecular weight is 480 g/mol. The third-order valence-corrected chi connectivity index (χ3v) is 6.23. The van der Waals surface area contributed by atoms with E-state index >= 15 is 0 Å². The van der Waals surface area contributed by atoms with Gasteiger partial charge < -0.3 is 19.5 Å². The molecule has 0 bridgehead atoms. The van der Waals surface area contributed by atoms with Crippen molar-refractivity contribution in [1.29, 1.82) is 0 Å². The number of aryl methyl sites for hydroxylation is 1. The zero-order valence-corrected chi connectivity index (χ0v) is 21.6. The Morgan fingerprint density at radius 3 is 2.29 bits per heavy atom. The van der Waals surface area contributed by atoms with Gasteiger partial charge >= 0.3 is 0 Å². The Kier molecular flexibility index (Phi) is 8.73. The lowest BCUT2D eigenvalue weighted by atomic mass is 9.92. The van der Waals surface area contributed by atoms with E-state index in [0.29, 0.717) is 18.8 Å². The van der Waals surface area contributed by atoms with E-state index in [1.165, 1.54) is 4.90 Å². The highest BCUT2D eigenvalue weighted by atomic mass is 16.5. The summed E-state index contributed by atoms with van der Waals surface area (Å²) in [6.07, 6.45) is 0.889. The van der Waals surface area contributed by atoms with E-state index in [4.69, 9.17) is 9.47 Å². The number of hydrogen-bond donors (Lipinski definition) is 1. The molecule has 35 heavy (non-hydrogen) atoms. The Labute approximate surface area is 208 Å². The van der Waals surface area contributed by atoms with E-state index in [2.05, 4.69) is 6.92 Å². The number of ether oxygens (including phenoxy) is 2. The number of Topliss-reactive ketones (excluding diaryl/α,β-unsaturated/α-hetero) is 1. The third-order valence-electron chi connectivity index (χ3n) is 6.23. The summed E-state index contributed by atoms with van der Waals surface area (Å²) in [4.78, 5) is 27.9. The number of carbonyl (C=O) groups excluding carboxylic acids is 2. The van der Waals surface area contributed by atoms with Crippen LogP contribution in [0.3, 0.4) is 0 Å². The summed E-state index contributed by atoms with van der Waals surface area (Å²) in [7, 11) is 0. The first-order valence-electron chi connectivity index (χ1n) is 12.4. The highest BCUT2D eigenvalue weighted by Gasteiger charge is 2.46. The lowest BCUT2D eigenvalue weighted by Gasteiger charge is -2.26. The molecule has 1 heterocycles. The minimum absolute atomic E-state index is 0.00687. The van der Waals surface area contributed by atoms with Gasteiger partial charge in [-0.1, -0.05) is 45.0 Å². The predicted molar refractivity (Wildman–Crippen MR) is 138 cm³/mol. The maximum Gasteiger partial charge on any atom is 0.295 e. The molecule has 0 spiro atoms. The van der Waals surface area contributed by atoms with Gasteiger partial charge in [-0.25, -0.2) is 0 Å². The van der Waals surface area contributed by atoms with Crippen LogP contribution in [0.15, 0.2) is 48.0 Å². The monoisotopic (exact) mass is 479 g/mol. The Morgan fingerprint density at radius 2 is 1.71 bits per heavy atom. The van der Waals surface area contributed by atoms with E-state index < -0.39 is 17.7 Å². The molecule has 1 fully saturated rings. The molecule has 6 heteroatoms. The van der Waals surface area contributed by atoms with Crippen LogP contribution < -0.4 is 4.74 Å². The van der Waals surface area contributed by atoms with Crippen molar-refractivity contribution in [3.63, 3.8) is 0 Å². The summed E-state index contributed by atoms with van der Waals surface area (Å²) >= 11 is 0. The Bertz CT molecular complexity index is 1080. The van der Waals surface area contributed by atoms with E-state index in [9.17, 15) is 14.7 Å². The molecule has 188 valence electrons. The number of likely N-dealkylation sites (tertiary alicyclic amines) is 1. The largest absolute Gasteiger partial charge is 0.507 e. The van der Waals surface area contributed by atoms with E-state index in [1.807, 2.05) is 71.0 Å². The van der Waals surface area contributed by atoms with Crippen molar-refractivity contribution in [1.82, 2.24) is 4.90 Å². The van der Waals surface area contributed by atoms with Crippen LogP contribution in [0.5, 0.6) is 5.75 Å². The highest BCUT2D eigenvalue weighted by molar-refractivity contribution is 6.46. The van der Waals surface area contributed by atoms with Crippen molar-refractivity contribution in [2.75, 3.05) is 19.8 Å². The lowest BCUT2D eigenvalue weighted by molar-refractivity contribution is -0.140. The van der Waals surface area contributed by atoms with Crippen molar-refractivity contribution in [3.8, 4) is 5.75 Å². The summed E-state index contributed by atoms with van der Waals surface area (Å²) in [6.45, 7) is 13.0. The quantitative estimate of drug-likeness (QED) is 0.272. The molecule has 1 N–H and O–H groups in total. The minimum atomic E-state index is -0.689. The van der Waals surface area contributed by atoms with Gasteiger partial charge in [0.25, 0.3) is 11.7 Å². The van der Waals surface area contributed by atoms with Crippen LogP contribution in [0.25, 0.3) is 5.76 Å². The molecule has 3 rings (SSSR count). The van der Waals surface area contributed by atoms with Gasteiger partial charge in [-0.15, -0.1) is 0 Å². The summed E-state index contributed by atoms with van der Waals surface area (Å²) in [5, 5.41) is 11.4. The van der Waals surface area contributed by atoms with Crippen molar-refractivity contribution in [2.24, 2.45) is 0 Å². The molecule has 0 radical (unpaired) electrons. The van der Waals surface area contributed by atoms with Gasteiger partial charge in [0.2, 0.25) is 0 Å². The molecule has 2 aromatic rings. The number of carbonyl (C=O) groups is 2. The van der Waals surface area contributed by atoms with Crippen LogP contribution in [0.4, 0.5) is 0 Å². The Morgan fingerprint density at radius 1 is 1.03 bits per heavy atom. The van der Waals surface area contributed by atoms with Crippen LogP contribution in [0.1, 0.15) is 75.8 Å². The van der Waals surface area contributed by atoms with Crippen LogP contribution in [-0.2, 0) is 20.7 Å². The maximum absolute atomic E-state index is 13.2. The fourth-order valence-electron chi connectivity index (χ4n) is 4.37. The van der Waals surface area contributed by atoms with E-state index in [-0.39, 0.29) is 29.9 Å². The van der Waals surface area contributed by atoms with Gasteiger partial charge in [0.15, 0.2) is 0 Å². The molecule has 1 saturated heterocycles. The molecule has 1 aliphatic rings. The number of hydrogen-bond acceptors (Lipinski definition) is 5. The van der Waals surface area contributed by atoms with Crippen LogP contribution >= 0.6 is 0 Å². The normalized spacial score (nSPS) is 17.6. The fraction of sp³-hybridized carbons (Fsp3) is 0.448. The standard InChI is InChI=1S/C29H37NO5/c1-7-20-9-11-21(12-10-20)26-25(28(32)29(33)30(26)15-16-35-19(5)6)27(31)22-13-14-24(34-8-2)23(17-22)18(3)4/h9-14,17-19,26,31H,7-8,15-16H2,1-6H3/b27-25-. The van der Waals surface area contributed by atoms with Gasteiger partial charge in [0, 0.05) is 12.1 Å². The van der Waals surface area contributed by atoms with Crippen molar-refractivity contribution in [2.45, 2.75) is 66.0 Å². The van der Waals surface area contributed by atoms with Gasteiger partial charge in [-0.05, 0) is 68.0 Å². The molecule has 1 unspecified atom stereocenters. The first-order valence-corrected chi connectivity index (χ1v) is 12.4. The van der Waals surface area contributed by atoms with Crippen LogP contribution in [-0.4, -0.2) is 47.6 Å². The summed E-state index contributed by atoms with van der Waals surface area (Å²) in [5.41, 5.74) is 3.45. The lowest BCUT2D eigenvalue weighted by Crippen LogP contribution is -2.33. The molecule has 1 amide bonds. The van der Waals surface area contributed by atoms with Gasteiger partial charge in [-0.2, -0.15) is 0 Å². The number of aliphatic hydroxyl groups is 1. The second kappa shape index (κ2) is 11.5. The van der Waals surface area contributed by atoms with Crippen LogP contribution in [0, 0.1) is 0 Å². The zero-order chi connectivity index (χ0) is 25.7. The highest BCUT2D eigenvalue weighted by Crippen LogP contribution is 2.40. The zero-order valence-electron chi connectivity index (χ0n) is 21.6. The SMILES string of the molecule is CCOc1ccc(/C(O)=C2/C(=O)C(=O)N(CCOC(C)C)C2c2ccc(CC)cc2)cc1C(C)C. The fourth-order valence-corrected chi connectivity index (χ4v) is 4.37. The van der Waals surface area contributed by atoms with E-state index in [0.717, 1.165) is 28.9 Å². The molecular formula is C29H37NO5. The topological polar surface area (TPSA) is 76.1 Å². The molecule has 0 aliphatic carbocycles. The number of ketones is 1. The summed E-state index contributed by atoms with van der Waals surface area (Å²) < 4.78 is 11.4. The number of amides is 1. The second-order valence-corrected chi connectivity index (χ2v) is 9.35. The number of aliphatic hydroxyl groups excluding tert-OH is 1. The predicted octanol–water partition coefficient (Wildman–Crippen LogP) is 5.62. The maximum atomic E-state index is 13.2.